The Balaban J connectivity index is 1.54. The van der Waals surface area contributed by atoms with Crippen molar-refractivity contribution in [2.24, 2.45) is 5.92 Å². The molecule has 1 N–H and O–H groups in total. The molecule has 0 aromatic rings. The second-order valence-electron chi connectivity index (χ2n) is 5.42. The number of carbonyl (C=O) groups is 1. The van der Waals surface area contributed by atoms with E-state index in [-0.39, 0.29) is 5.97 Å². The highest BCUT2D eigenvalue weighted by atomic mass is 16.5. The fourth-order valence-corrected chi connectivity index (χ4v) is 2.66. The van der Waals surface area contributed by atoms with E-state index in [1.165, 1.54) is 19.3 Å². The zero-order valence-corrected chi connectivity index (χ0v) is 11.2. The zero-order chi connectivity index (χ0) is 12.6. The summed E-state index contributed by atoms with van der Waals surface area (Å²) in [6, 6.07) is 0.523. The normalized spacial score (nSPS) is 25.9. The van der Waals surface area contributed by atoms with Gasteiger partial charge in [0.25, 0.3) is 0 Å². The van der Waals surface area contributed by atoms with Crippen LogP contribution >= 0.6 is 0 Å². The highest BCUT2D eigenvalue weighted by Crippen LogP contribution is 2.16. The number of hydrogen-bond donors (Lipinski definition) is 1. The van der Waals surface area contributed by atoms with Gasteiger partial charge >= 0.3 is 5.97 Å². The van der Waals surface area contributed by atoms with Gasteiger partial charge in [0.1, 0.15) is 0 Å². The molecule has 2 saturated heterocycles. The molecule has 0 amide bonds. The maximum absolute atomic E-state index is 11.6. The molecule has 104 valence electrons. The average Bonchev–Trinajstić information content (AvgIpc) is 2.45. The highest BCUT2D eigenvalue weighted by Gasteiger charge is 2.17. The van der Waals surface area contributed by atoms with Crippen LogP contribution in [0.4, 0.5) is 0 Å². The van der Waals surface area contributed by atoms with Crippen LogP contribution in [0.1, 0.15) is 44.9 Å². The zero-order valence-electron chi connectivity index (χ0n) is 11.2. The molecular formula is C14H25NO3. The SMILES string of the molecule is O=C(CCC1CCCCN1)OCC1CCOCC1. The third-order valence-electron chi connectivity index (χ3n) is 3.93. The van der Waals surface area contributed by atoms with Crippen LogP contribution in [0.5, 0.6) is 0 Å². The number of piperidine rings is 1. The minimum absolute atomic E-state index is 0.0335. The van der Waals surface area contributed by atoms with Gasteiger partial charge in [-0.3, -0.25) is 4.79 Å². The fourth-order valence-electron chi connectivity index (χ4n) is 2.66. The first-order chi connectivity index (χ1) is 8.84. The van der Waals surface area contributed by atoms with Gasteiger partial charge in [-0.05, 0) is 44.6 Å². The minimum Gasteiger partial charge on any atom is -0.465 e. The van der Waals surface area contributed by atoms with Crippen molar-refractivity contribution in [3.05, 3.63) is 0 Å². The van der Waals surface area contributed by atoms with Gasteiger partial charge in [0, 0.05) is 25.7 Å². The summed E-state index contributed by atoms with van der Waals surface area (Å²) < 4.78 is 10.6. The summed E-state index contributed by atoms with van der Waals surface area (Å²) in [5.74, 6) is 0.476. The van der Waals surface area contributed by atoms with Gasteiger partial charge in [0.15, 0.2) is 0 Å². The molecule has 2 aliphatic rings. The third kappa shape index (κ3) is 4.94. The molecule has 0 aromatic carbocycles. The van der Waals surface area contributed by atoms with Crippen molar-refractivity contribution in [1.29, 1.82) is 0 Å². The Kier molecular flexibility index (Phi) is 5.94. The van der Waals surface area contributed by atoms with E-state index in [2.05, 4.69) is 5.32 Å². The van der Waals surface area contributed by atoms with Gasteiger partial charge in [-0.15, -0.1) is 0 Å². The molecule has 1 atom stereocenters. The molecule has 0 spiro atoms. The molecule has 18 heavy (non-hydrogen) atoms. The second kappa shape index (κ2) is 7.74. The minimum atomic E-state index is -0.0335. The van der Waals surface area contributed by atoms with Gasteiger partial charge in [-0.2, -0.15) is 0 Å². The van der Waals surface area contributed by atoms with E-state index < -0.39 is 0 Å². The summed E-state index contributed by atoms with van der Waals surface area (Å²) >= 11 is 0. The predicted octanol–water partition coefficient (Wildman–Crippen LogP) is 1.88. The molecule has 0 radical (unpaired) electrons. The molecule has 2 rings (SSSR count). The van der Waals surface area contributed by atoms with Crippen LogP contribution in [0, 0.1) is 5.92 Å². The molecular weight excluding hydrogens is 230 g/mol. The Morgan fingerprint density at radius 1 is 1.22 bits per heavy atom. The Labute approximate surface area is 109 Å². The molecule has 4 nitrogen and oxygen atoms in total. The number of rotatable bonds is 5. The smallest absolute Gasteiger partial charge is 0.305 e. The Hall–Kier alpha value is -0.610. The summed E-state index contributed by atoms with van der Waals surface area (Å²) in [6.45, 7) is 3.31. The van der Waals surface area contributed by atoms with Crippen LogP contribution in [-0.2, 0) is 14.3 Å². The monoisotopic (exact) mass is 255 g/mol. The molecule has 0 aromatic heterocycles. The van der Waals surface area contributed by atoms with Crippen LogP contribution in [-0.4, -0.2) is 38.4 Å². The number of hydrogen-bond acceptors (Lipinski definition) is 4. The Morgan fingerprint density at radius 2 is 2.06 bits per heavy atom. The van der Waals surface area contributed by atoms with Crippen molar-refractivity contribution < 1.29 is 14.3 Å². The number of nitrogens with one attached hydrogen (secondary N) is 1. The summed E-state index contributed by atoms with van der Waals surface area (Å²) in [6.07, 6.45) is 7.29. The third-order valence-corrected chi connectivity index (χ3v) is 3.93. The van der Waals surface area contributed by atoms with Gasteiger partial charge in [0.2, 0.25) is 0 Å². The van der Waals surface area contributed by atoms with E-state index in [1.807, 2.05) is 0 Å². The van der Waals surface area contributed by atoms with Crippen molar-refractivity contribution in [1.82, 2.24) is 5.32 Å². The first-order valence-corrected chi connectivity index (χ1v) is 7.31. The van der Waals surface area contributed by atoms with E-state index in [0.717, 1.165) is 39.0 Å². The summed E-state index contributed by atoms with van der Waals surface area (Å²) in [4.78, 5) is 11.6. The lowest BCUT2D eigenvalue weighted by Gasteiger charge is -2.23. The standard InChI is InChI=1S/C14H25NO3/c16-14(5-4-13-3-1-2-8-15-13)18-11-12-6-9-17-10-7-12/h12-13,15H,1-11H2. The maximum atomic E-state index is 11.6. The summed E-state index contributed by atoms with van der Waals surface area (Å²) in [5.41, 5.74) is 0. The molecule has 2 heterocycles. The Morgan fingerprint density at radius 3 is 2.78 bits per heavy atom. The Bertz CT molecular complexity index is 221. The number of carbonyl (C=O) groups excluding carboxylic acids is 1. The largest absolute Gasteiger partial charge is 0.465 e. The lowest BCUT2D eigenvalue weighted by atomic mass is 10.0. The number of esters is 1. The first kappa shape index (κ1) is 13.8. The van der Waals surface area contributed by atoms with Gasteiger partial charge in [-0.1, -0.05) is 6.42 Å². The van der Waals surface area contributed by atoms with Crippen molar-refractivity contribution >= 4 is 5.97 Å². The quantitative estimate of drug-likeness (QED) is 0.762. The van der Waals surface area contributed by atoms with Crippen LogP contribution in [0.3, 0.4) is 0 Å². The summed E-state index contributed by atoms with van der Waals surface area (Å²) in [5, 5.41) is 3.46. The van der Waals surface area contributed by atoms with E-state index in [0.29, 0.717) is 25.0 Å². The summed E-state index contributed by atoms with van der Waals surface area (Å²) in [7, 11) is 0. The molecule has 4 heteroatoms. The molecule has 2 aliphatic heterocycles. The topological polar surface area (TPSA) is 47.6 Å². The van der Waals surface area contributed by atoms with Gasteiger partial charge < -0.3 is 14.8 Å². The van der Waals surface area contributed by atoms with E-state index in [1.54, 1.807) is 0 Å². The first-order valence-electron chi connectivity index (χ1n) is 7.31. The molecule has 0 saturated carbocycles. The maximum Gasteiger partial charge on any atom is 0.305 e. The number of ether oxygens (including phenoxy) is 2. The lowest BCUT2D eigenvalue weighted by molar-refractivity contribution is -0.146. The van der Waals surface area contributed by atoms with Crippen LogP contribution in [0.25, 0.3) is 0 Å². The van der Waals surface area contributed by atoms with Crippen molar-refractivity contribution in [2.45, 2.75) is 51.0 Å². The van der Waals surface area contributed by atoms with Crippen LogP contribution in [0.15, 0.2) is 0 Å². The lowest BCUT2D eigenvalue weighted by Crippen LogP contribution is -2.34. The van der Waals surface area contributed by atoms with Crippen molar-refractivity contribution in [2.75, 3.05) is 26.4 Å². The molecule has 2 fully saturated rings. The van der Waals surface area contributed by atoms with Gasteiger partial charge in [-0.25, -0.2) is 0 Å². The molecule has 0 aliphatic carbocycles. The second-order valence-corrected chi connectivity index (χ2v) is 5.42. The molecule has 1 unspecified atom stereocenters. The predicted molar refractivity (Wildman–Crippen MR) is 69.4 cm³/mol. The molecule has 0 bridgehead atoms. The van der Waals surface area contributed by atoms with E-state index >= 15 is 0 Å². The van der Waals surface area contributed by atoms with Crippen molar-refractivity contribution in [3.63, 3.8) is 0 Å². The van der Waals surface area contributed by atoms with Gasteiger partial charge in [0.05, 0.1) is 6.61 Å². The van der Waals surface area contributed by atoms with Crippen molar-refractivity contribution in [3.8, 4) is 0 Å². The van der Waals surface area contributed by atoms with Crippen LogP contribution < -0.4 is 5.32 Å². The fraction of sp³-hybridized carbons (Fsp3) is 0.929. The van der Waals surface area contributed by atoms with E-state index in [4.69, 9.17) is 9.47 Å². The van der Waals surface area contributed by atoms with Crippen LogP contribution in [0.2, 0.25) is 0 Å². The average molecular weight is 255 g/mol. The van der Waals surface area contributed by atoms with E-state index in [9.17, 15) is 4.79 Å². The highest BCUT2D eigenvalue weighted by molar-refractivity contribution is 5.69.